The summed E-state index contributed by atoms with van der Waals surface area (Å²) < 4.78 is 41.4. The number of ether oxygens (including phenoxy) is 1. The van der Waals surface area contributed by atoms with E-state index in [9.17, 15) is 12.8 Å². The monoisotopic (exact) mass is 360 g/mol. The van der Waals surface area contributed by atoms with Gasteiger partial charge in [-0.1, -0.05) is 12.1 Å². The van der Waals surface area contributed by atoms with Gasteiger partial charge >= 0.3 is 0 Å². The average Bonchev–Trinajstić information content (AvgIpc) is 2.87. The van der Waals surface area contributed by atoms with Gasteiger partial charge in [0.15, 0.2) is 14.9 Å². The first-order valence-corrected chi connectivity index (χ1v) is 9.62. The van der Waals surface area contributed by atoms with Crippen LogP contribution in [-0.2, 0) is 21.1 Å². The fourth-order valence-corrected chi connectivity index (χ4v) is 4.59. The Morgan fingerprint density at radius 1 is 1.43 bits per heavy atom. The minimum Gasteiger partial charge on any atom is -0.383 e. The number of nitrogens with one attached hydrogen (secondary N) is 1. The summed E-state index contributed by atoms with van der Waals surface area (Å²) in [5, 5.41) is 3.61. The summed E-state index contributed by atoms with van der Waals surface area (Å²) in [5.41, 5.74) is 0.902. The van der Waals surface area contributed by atoms with Crippen LogP contribution < -0.4 is 5.32 Å². The summed E-state index contributed by atoms with van der Waals surface area (Å²) in [6, 6.07) is 6.04. The second-order valence-electron chi connectivity index (χ2n) is 5.53. The predicted octanol–water partition coefficient (Wildman–Crippen LogP) is 1.34. The van der Waals surface area contributed by atoms with Crippen molar-refractivity contribution in [3.63, 3.8) is 0 Å². The van der Waals surface area contributed by atoms with E-state index in [2.05, 4.69) is 5.32 Å². The third-order valence-electron chi connectivity index (χ3n) is 3.80. The summed E-state index contributed by atoms with van der Waals surface area (Å²) in [6.45, 7) is 1.46. The van der Waals surface area contributed by atoms with Crippen LogP contribution in [-0.4, -0.2) is 56.2 Å². The molecule has 1 saturated heterocycles. The fraction of sp³-hybridized carbons (Fsp3) is 0.533. The molecule has 2 rings (SSSR count). The highest BCUT2D eigenvalue weighted by Crippen LogP contribution is 2.18. The van der Waals surface area contributed by atoms with E-state index < -0.39 is 9.84 Å². The zero-order valence-electron chi connectivity index (χ0n) is 13.0. The van der Waals surface area contributed by atoms with Gasteiger partial charge < -0.3 is 15.0 Å². The number of nitrogens with zero attached hydrogens (tertiary/aromatic N) is 1. The minimum absolute atomic E-state index is 0.120. The molecule has 1 heterocycles. The van der Waals surface area contributed by atoms with Gasteiger partial charge in [-0.2, -0.15) is 0 Å². The van der Waals surface area contributed by atoms with Crippen molar-refractivity contribution >= 4 is 27.2 Å². The summed E-state index contributed by atoms with van der Waals surface area (Å²) in [7, 11) is -1.39. The van der Waals surface area contributed by atoms with Crippen LogP contribution in [0.1, 0.15) is 12.0 Å². The molecule has 1 N–H and O–H groups in total. The van der Waals surface area contributed by atoms with Crippen molar-refractivity contribution in [1.82, 2.24) is 10.2 Å². The molecule has 1 fully saturated rings. The lowest BCUT2D eigenvalue weighted by atomic mass is 10.2. The van der Waals surface area contributed by atoms with Gasteiger partial charge in [-0.3, -0.25) is 0 Å². The van der Waals surface area contributed by atoms with Crippen molar-refractivity contribution in [2.75, 3.05) is 31.8 Å². The highest BCUT2D eigenvalue weighted by molar-refractivity contribution is 7.91. The van der Waals surface area contributed by atoms with E-state index >= 15 is 0 Å². The quantitative estimate of drug-likeness (QED) is 0.773. The van der Waals surface area contributed by atoms with Gasteiger partial charge in [-0.15, -0.1) is 0 Å². The molecule has 1 atom stereocenters. The molecular formula is C15H21FN2O3S2. The zero-order chi connectivity index (χ0) is 16.9. The Morgan fingerprint density at radius 3 is 2.70 bits per heavy atom. The van der Waals surface area contributed by atoms with Gasteiger partial charge in [0.2, 0.25) is 0 Å². The van der Waals surface area contributed by atoms with Crippen LogP contribution in [0.4, 0.5) is 4.39 Å². The van der Waals surface area contributed by atoms with Gasteiger partial charge in [-0.05, 0) is 36.3 Å². The summed E-state index contributed by atoms with van der Waals surface area (Å²) in [6.07, 6.45) is 0.574. The van der Waals surface area contributed by atoms with Crippen LogP contribution in [0.25, 0.3) is 0 Å². The first-order valence-electron chi connectivity index (χ1n) is 7.39. The summed E-state index contributed by atoms with van der Waals surface area (Å²) in [5.74, 6) is 0.0331. The molecule has 1 aromatic carbocycles. The molecule has 1 aliphatic rings. The highest BCUT2D eigenvalue weighted by Gasteiger charge is 2.33. The number of sulfone groups is 1. The third-order valence-corrected chi connectivity index (χ3v) is 5.93. The Kier molecular flexibility index (Phi) is 6.32. The average molecular weight is 360 g/mol. The number of rotatable bonds is 6. The predicted molar refractivity (Wildman–Crippen MR) is 91.5 cm³/mol. The molecule has 1 aliphatic heterocycles. The fourth-order valence-electron chi connectivity index (χ4n) is 2.54. The van der Waals surface area contributed by atoms with Crippen molar-refractivity contribution in [1.29, 1.82) is 0 Å². The Balaban J connectivity index is 1.97. The smallest absolute Gasteiger partial charge is 0.169 e. The second-order valence-corrected chi connectivity index (χ2v) is 8.14. The standard InChI is InChI=1S/C15H21FN2O3S2/c1-21-8-7-18(14-6-9-23(19,20)11-14)15(22)17-10-12-2-4-13(16)5-3-12/h2-5,14H,6-11H2,1H3,(H,17,22)/t14-/m0/s1. The van der Waals surface area contributed by atoms with Crippen molar-refractivity contribution in [2.45, 2.75) is 19.0 Å². The molecule has 0 aromatic heterocycles. The number of benzene rings is 1. The van der Waals surface area contributed by atoms with Crippen LogP contribution >= 0.6 is 12.2 Å². The normalized spacial score (nSPS) is 19.5. The number of thiocarbonyl (C=S) groups is 1. The minimum atomic E-state index is -2.98. The number of hydrogen-bond acceptors (Lipinski definition) is 4. The molecule has 0 aliphatic carbocycles. The maximum Gasteiger partial charge on any atom is 0.169 e. The van der Waals surface area contributed by atoms with Crippen molar-refractivity contribution in [3.05, 3.63) is 35.6 Å². The largest absolute Gasteiger partial charge is 0.383 e. The van der Waals surface area contributed by atoms with Crippen LogP contribution in [0.2, 0.25) is 0 Å². The Labute approximate surface area is 141 Å². The van der Waals surface area contributed by atoms with E-state index in [1.807, 2.05) is 4.90 Å². The number of methoxy groups -OCH3 is 1. The van der Waals surface area contributed by atoms with E-state index in [0.717, 1.165) is 5.56 Å². The van der Waals surface area contributed by atoms with E-state index in [4.69, 9.17) is 17.0 Å². The molecule has 0 spiro atoms. The molecular weight excluding hydrogens is 339 g/mol. The van der Waals surface area contributed by atoms with E-state index in [1.54, 1.807) is 19.2 Å². The summed E-state index contributed by atoms with van der Waals surface area (Å²) >= 11 is 5.42. The van der Waals surface area contributed by atoms with Crippen LogP contribution in [0.5, 0.6) is 0 Å². The number of halogens is 1. The van der Waals surface area contributed by atoms with Gasteiger partial charge in [0, 0.05) is 26.2 Å². The molecule has 0 saturated carbocycles. The lowest BCUT2D eigenvalue weighted by molar-refractivity contribution is 0.164. The van der Waals surface area contributed by atoms with E-state index in [0.29, 0.717) is 31.2 Å². The molecule has 128 valence electrons. The zero-order valence-corrected chi connectivity index (χ0v) is 14.6. The van der Waals surface area contributed by atoms with Crippen molar-refractivity contribution in [3.8, 4) is 0 Å². The van der Waals surface area contributed by atoms with Gasteiger partial charge in [0.1, 0.15) is 5.82 Å². The Hall–Kier alpha value is -1.25. The van der Waals surface area contributed by atoms with E-state index in [-0.39, 0.29) is 23.4 Å². The third kappa shape index (κ3) is 5.40. The SMILES string of the molecule is COCCN(C(=S)NCc1ccc(F)cc1)[C@H]1CCS(=O)(=O)C1. The van der Waals surface area contributed by atoms with Gasteiger partial charge in [0.05, 0.1) is 18.1 Å². The van der Waals surface area contributed by atoms with Crippen molar-refractivity contribution in [2.24, 2.45) is 0 Å². The lowest BCUT2D eigenvalue weighted by Crippen LogP contribution is -2.47. The molecule has 0 unspecified atom stereocenters. The van der Waals surface area contributed by atoms with Crippen LogP contribution in [0, 0.1) is 5.82 Å². The highest BCUT2D eigenvalue weighted by atomic mass is 32.2. The van der Waals surface area contributed by atoms with Crippen LogP contribution in [0.3, 0.4) is 0 Å². The molecule has 8 heteroatoms. The molecule has 23 heavy (non-hydrogen) atoms. The Bertz CT molecular complexity index is 635. The van der Waals surface area contributed by atoms with Crippen LogP contribution in [0.15, 0.2) is 24.3 Å². The first kappa shape index (κ1) is 18.1. The van der Waals surface area contributed by atoms with E-state index in [1.165, 1.54) is 12.1 Å². The lowest BCUT2D eigenvalue weighted by Gasteiger charge is -2.30. The first-order chi connectivity index (χ1) is 10.9. The summed E-state index contributed by atoms with van der Waals surface area (Å²) in [4.78, 5) is 1.88. The van der Waals surface area contributed by atoms with Gasteiger partial charge in [0.25, 0.3) is 0 Å². The maximum absolute atomic E-state index is 12.9. The molecule has 0 radical (unpaired) electrons. The molecule has 5 nitrogen and oxygen atoms in total. The molecule has 0 amide bonds. The molecule has 0 bridgehead atoms. The Morgan fingerprint density at radius 2 is 2.13 bits per heavy atom. The topological polar surface area (TPSA) is 58.6 Å². The van der Waals surface area contributed by atoms with Crippen molar-refractivity contribution < 1.29 is 17.5 Å². The number of hydrogen-bond donors (Lipinski definition) is 1. The molecule has 1 aromatic rings. The maximum atomic E-state index is 12.9. The second kappa shape index (κ2) is 8.03. The van der Waals surface area contributed by atoms with Gasteiger partial charge in [-0.25, -0.2) is 12.8 Å².